The second kappa shape index (κ2) is 11.7. The fourth-order valence-electron chi connectivity index (χ4n) is 3.34. The molecule has 0 saturated heterocycles. The summed E-state index contributed by atoms with van der Waals surface area (Å²) >= 11 is 6.08. The molecule has 0 aromatic heterocycles. The quantitative estimate of drug-likeness (QED) is 0.336. The molecule has 1 N–H and O–H groups in total. The second-order valence-corrected chi connectivity index (χ2v) is 8.98. The maximum Gasteiger partial charge on any atom is 0.255 e. The van der Waals surface area contributed by atoms with Crippen molar-refractivity contribution < 1.29 is 19.1 Å². The molecule has 1 amide bonds. The van der Waals surface area contributed by atoms with Crippen molar-refractivity contribution in [2.75, 3.05) is 13.2 Å². The highest BCUT2D eigenvalue weighted by Gasteiger charge is 2.18. The first-order valence-corrected chi connectivity index (χ1v) is 11.7. The number of carbonyl (C=O) groups is 2. The number of aldehydes is 1. The molecule has 0 fully saturated rings. The van der Waals surface area contributed by atoms with Crippen LogP contribution >= 0.6 is 11.6 Å². The first-order valence-electron chi connectivity index (χ1n) is 11.4. The molecule has 0 aliphatic carbocycles. The number of ether oxygens (including phenoxy) is 2. The number of hydrogen-bond acceptors (Lipinski definition) is 4. The van der Waals surface area contributed by atoms with E-state index in [0.29, 0.717) is 41.7 Å². The summed E-state index contributed by atoms with van der Waals surface area (Å²) < 4.78 is 11.3. The summed E-state index contributed by atoms with van der Waals surface area (Å²) in [4.78, 5) is 23.7. The molecule has 0 heterocycles. The number of rotatable bonds is 11. The average Bonchev–Trinajstić information content (AvgIpc) is 2.84. The molecule has 0 saturated carbocycles. The van der Waals surface area contributed by atoms with Crippen molar-refractivity contribution in [3.05, 3.63) is 82.9 Å². The highest BCUT2D eigenvalue weighted by Crippen LogP contribution is 2.25. The highest BCUT2D eigenvalue weighted by molar-refractivity contribution is 6.31. The van der Waals surface area contributed by atoms with E-state index in [1.54, 1.807) is 32.0 Å². The van der Waals surface area contributed by atoms with Crippen LogP contribution in [0.3, 0.4) is 0 Å². The molecule has 34 heavy (non-hydrogen) atoms. The maximum atomic E-state index is 12.7. The lowest BCUT2D eigenvalue weighted by Gasteiger charge is -2.19. The van der Waals surface area contributed by atoms with Gasteiger partial charge in [-0.3, -0.25) is 9.59 Å². The van der Waals surface area contributed by atoms with Gasteiger partial charge in [0.15, 0.2) is 11.9 Å². The summed E-state index contributed by atoms with van der Waals surface area (Å²) in [7, 11) is 0. The monoisotopic (exact) mass is 479 g/mol. The first-order chi connectivity index (χ1) is 16.3. The fourth-order valence-corrected chi connectivity index (χ4v) is 3.51. The van der Waals surface area contributed by atoms with E-state index in [4.69, 9.17) is 21.1 Å². The van der Waals surface area contributed by atoms with E-state index >= 15 is 0 Å². The topological polar surface area (TPSA) is 64.6 Å². The minimum atomic E-state index is -0.852. The Balaban J connectivity index is 1.56. The Morgan fingerprint density at radius 1 is 1.00 bits per heavy atom. The number of benzene rings is 3. The van der Waals surface area contributed by atoms with E-state index in [9.17, 15) is 9.59 Å². The molecule has 3 rings (SSSR count). The summed E-state index contributed by atoms with van der Waals surface area (Å²) in [6.07, 6.45) is 2.34. The van der Waals surface area contributed by atoms with Crippen LogP contribution in [0.15, 0.2) is 66.7 Å². The first kappa shape index (κ1) is 25.3. The van der Waals surface area contributed by atoms with E-state index in [-0.39, 0.29) is 5.91 Å². The van der Waals surface area contributed by atoms with Crippen LogP contribution in [0.1, 0.15) is 43.1 Å². The summed E-state index contributed by atoms with van der Waals surface area (Å²) in [6, 6.07) is 20.9. The van der Waals surface area contributed by atoms with Crippen LogP contribution in [0.2, 0.25) is 5.02 Å². The molecular weight excluding hydrogens is 450 g/mol. The maximum absolute atomic E-state index is 12.7. The molecule has 5 nitrogen and oxygen atoms in total. The van der Waals surface area contributed by atoms with Crippen molar-refractivity contribution in [3.8, 4) is 22.6 Å². The van der Waals surface area contributed by atoms with Crippen LogP contribution in [0, 0.1) is 0 Å². The molecule has 0 spiro atoms. The summed E-state index contributed by atoms with van der Waals surface area (Å²) in [5, 5.41) is 3.45. The van der Waals surface area contributed by atoms with Gasteiger partial charge >= 0.3 is 0 Å². The number of nitrogens with one attached hydrogen (secondary N) is 1. The van der Waals surface area contributed by atoms with Gasteiger partial charge in [0, 0.05) is 11.6 Å². The zero-order valence-corrected chi connectivity index (χ0v) is 20.5. The van der Waals surface area contributed by atoms with Crippen LogP contribution < -0.4 is 14.8 Å². The third-order valence-corrected chi connectivity index (χ3v) is 5.39. The van der Waals surface area contributed by atoms with Gasteiger partial charge in [0.25, 0.3) is 5.91 Å². The zero-order chi connectivity index (χ0) is 24.6. The molecule has 0 aliphatic rings. The van der Waals surface area contributed by atoms with E-state index in [1.165, 1.54) is 0 Å². The van der Waals surface area contributed by atoms with Crippen molar-refractivity contribution >= 4 is 23.8 Å². The van der Waals surface area contributed by atoms with Crippen LogP contribution in [0.4, 0.5) is 0 Å². The van der Waals surface area contributed by atoms with E-state index in [2.05, 4.69) is 29.6 Å². The normalized spacial score (nSPS) is 11.1. The molecule has 3 aromatic carbocycles. The van der Waals surface area contributed by atoms with Crippen LogP contribution in [0.5, 0.6) is 11.5 Å². The van der Waals surface area contributed by atoms with Crippen molar-refractivity contribution in [1.29, 1.82) is 0 Å². The Labute approximate surface area is 206 Å². The lowest BCUT2D eigenvalue weighted by molar-refractivity contribution is -0.118. The van der Waals surface area contributed by atoms with E-state index < -0.39 is 5.60 Å². The van der Waals surface area contributed by atoms with Gasteiger partial charge in [-0.2, -0.15) is 0 Å². The smallest absolute Gasteiger partial charge is 0.255 e. The molecule has 6 heteroatoms. The SMILES string of the molecule is CCCOc1ccc(Cl)cc1C(=O)NCCc1ccc(-c2ccc(OC(C)(C)C=O)cc2)cc1. The third kappa shape index (κ3) is 7.09. The Bertz CT molecular complexity index is 1110. The van der Waals surface area contributed by atoms with Crippen molar-refractivity contribution in [2.45, 2.75) is 39.2 Å². The molecule has 178 valence electrons. The molecule has 3 aromatic rings. The summed E-state index contributed by atoms with van der Waals surface area (Å²) in [5.41, 5.74) is 2.84. The average molecular weight is 480 g/mol. The molecule has 0 radical (unpaired) electrons. The minimum Gasteiger partial charge on any atom is -0.493 e. The third-order valence-electron chi connectivity index (χ3n) is 5.15. The van der Waals surface area contributed by atoms with Gasteiger partial charge in [0.1, 0.15) is 11.5 Å². The van der Waals surface area contributed by atoms with Crippen LogP contribution in [-0.4, -0.2) is 30.9 Å². The standard InChI is InChI=1S/C28H30ClNO4/c1-4-17-33-26-14-11-23(29)18-25(26)27(32)30-16-15-20-5-7-21(8-6-20)22-9-12-24(13-10-22)34-28(2,3)19-31/h5-14,18-19H,4,15-17H2,1-3H3,(H,30,32). The highest BCUT2D eigenvalue weighted by atomic mass is 35.5. The largest absolute Gasteiger partial charge is 0.493 e. The van der Waals surface area contributed by atoms with Crippen molar-refractivity contribution in [3.63, 3.8) is 0 Å². The summed E-state index contributed by atoms with van der Waals surface area (Å²) in [6.45, 7) is 6.50. The predicted octanol–water partition coefficient (Wildman–Crippen LogP) is 6.12. The second-order valence-electron chi connectivity index (χ2n) is 8.54. The van der Waals surface area contributed by atoms with E-state index in [1.807, 2.05) is 31.2 Å². The van der Waals surface area contributed by atoms with Gasteiger partial charge in [-0.05, 0) is 73.7 Å². The molecule has 0 unspecified atom stereocenters. The number of carbonyl (C=O) groups excluding carboxylic acids is 2. The number of halogens is 1. The predicted molar refractivity (Wildman–Crippen MR) is 136 cm³/mol. The van der Waals surface area contributed by atoms with E-state index in [0.717, 1.165) is 29.4 Å². The summed E-state index contributed by atoms with van der Waals surface area (Å²) in [5.74, 6) is 0.987. The lowest BCUT2D eigenvalue weighted by atomic mass is 10.0. The Morgan fingerprint density at radius 3 is 2.26 bits per heavy atom. The fraction of sp³-hybridized carbons (Fsp3) is 0.286. The lowest BCUT2D eigenvalue weighted by Crippen LogP contribution is -2.29. The van der Waals surface area contributed by atoms with Crippen LogP contribution in [0.25, 0.3) is 11.1 Å². The van der Waals surface area contributed by atoms with Gasteiger partial charge in [0.05, 0.1) is 12.2 Å². The molecule has 0 aliphatic heterocycles. The van der Waals surface area contributed by atoms with Gasteiger partial charge in [-0.1, -0.05) is 54.9 Å². The Kier molecular flexibility index (Phi) is 8.72. The Hall–Kier alpha value is -3.31. The Morgan fingerprint density at radius 2 is 1.65 bits per heavy atom. The molecule has 0 bridgehead atoms. The van der Waals surface area contributed by atoms with Gasteiger partial charge in [-0.25, -0.2) is 0 Å². The molecular formula is C28H30ClNO4. The van der Waals surface area contributed by atoms with Crippen molar-refractivity contribution in [1.82, 2.24) is 5.32 Å². The van der Waals surface area contributed by atoms with Crippen LogP contribution in [-0.2, 0) is 11.2 Å². The van der Waals surface area contributed by atoms with Crippen molar-refractivity contribution in [2.24, 2.45) is 0 Å². The number of hydrogen-bond donors (Lipinski definition) is 1. The van der Waals surface area contributed by atoms with Gasteiger partial charge in [0.2, 0.25) is 0 Å². The molecule has 0 atom stereocenters. The zero-order valence-electron chi connectivity index (χ0n) is 19.8. The van der Waals surface area contributed by atoms with Gasteiger partial charge in [-0.15, -0.1) is 0 Å². The number of amides is 1. The minimum absolute atomic E-state index is 0.203. The van der Waals surface area contributed by atoms with Gasteiger partial charge < -0.3 is 14.8 Å².